The Morgan fingerprint density at radius 1 is 0.962 bits per heavy atom. The lowest BCUT2D eigenvalue weighted by Gasteiger charge is -2.32. The smallest absolute Gasteiger partial charge is 0.320 e. The average molecular weight is 755 g/mol. The van der Waals surface area contributed by atoms with Crippen molar-refractivity contribution in [2.24, 2.45) is 17.4 Å². The molecule has 1 atom stereocenters. The van der Waals surface area contributed by atoms with Crippen molar-refractivity contribution < 1.29 is 40.6 Å². The number of carboxylic acid groups (broad SMARTS) is 1. The number of pyridine rings is 2. The number of fused-ring (bicyclic) bond motifs is 2. The maximum Gasteiger partial charge on any atom is 0.320 e. The molecule has 6 rings (SSSR count). The summed E-state index contributed by atoms with van der Waals surface area (Å²) >= 11 is 0. The van der Waals surface area contributed by atoms with Crippen LogP contribution in [0.1, 0.15) is 48.5 Å². The van der Waals surface area contributed by atoms with Gasteiger partial charge >= 0.3 is 5.97 Å². The van der Waals surface area contributed by atoms with Crippen molar-refractivity contribution in [3.63, 3.8) is 0 Å². The van der Waals surface area contributed by atoms with E-state index in [4.69, 9.17) is 25.6 Å². The van der Waals surface area contributed by atoms with Gasteiger partial charge in [-0.1, -0.05) is 25.1 Å². The number of carbonyl (C=O) groups is 2. The number of rotatable bonds is 8. The summed E-state index contributed by atoms with van der Waals surface area (Å²) in [6.45, 7) is 2.13. The maximum atomic E-state index is 12.4. The highest BCUT2D eigenvalue weighted by molar-refractivity contribution is 7.85. The molecule has 3 aromatic heterocycles. The van der Waals surface area contributed by atoms with Crippen LogP contribution in [0.4, 0.5) is 5.69 Å². The minimum atomic E-state index is -3.67. The predicted octanol–water partition coefficient (Wildman–Crippen LogP) is 4.29. The first kappa shape index (κ1) is 39.8. The second-order valence-electron chi connectivity index (χ2n) is 12.5. The van der Waals surface area contributed by atoms with Crippen molar-refractivity contribution in [1.29, 1.82) is 0 Å². The number of amides is 1. The lowest BCUT2D eigenvalue weighted by Crippen LogP contribution is -2.41. The van der Waals surface area contributed by atoms with Gasteiger partial charge in [0, 0.05) is 52.3 Å². The highest BCUT2D eigenvalue weighted by atomic mass is 32.2. The van der Waals surface area contributed by atoms with Crippen LogP contribution in [0.5, 0.6) is 0 Å². The van der Waals surface area contributed by atoms with Gasteiger partial charge in [0.2, 0.25) is 0 Å². The van der Waals surface area contributed by atoms with Gasteiger partial charge in [0.05, 0.1) is 23.6 Å². The van der Waals surface area contributed by atoms with E-state index in [0.717, 1.165) is 63.6 Å². The molecule has 52 heavy (non-hydrogen) atoms. The van der Waals surface area contributed by atoms with Gasteiger partial charge < -0.3 is 26.5 Å². The molecule has 1 aliphatic carbocycles. The second kappa shape index (κ2) is 16.6. The van der Waals surface area contributed by atoms with Crippen LogP contribution in [-0.4, -0.2) is 82.1 Å². The Morgan fingerprint density at radius 3 is 2.19 bits per heavy atom. The zero-order chi connectivity index (χ0) is 38.4. The summed E-state index contributed by atoms with van der Waals surface area (Å²) in [6.07, 6.45) is 11.0. The van der Waals surface area contributed by atoms with Crippen molar-refractivity contribution in [1.82, 2.24) is 14.5 Å². The maximum absolute atomic E-state index is 12.4. The van der Waals surface area contributed by atoms with E-state index in [9.17, 15) is 31.5 Å². The monoisotopic (exact) mass is 754 g/mol. The Morgan fingerprint density at radius 2 is 1.60 bits per heavy atom. The summed E-state index contributed by atoms with van der Waals surface area (Å²) in [7, 11) is -7.33. The number of nitrogens with one attached hydrogen (secondary N) is 1. The summed E-state index contributed by atoms with van der Waals surface area (Å²) in [5.74, 6) is -1.53. The number of anilines is 1. The van der Waals surface area contributed by atoms with Gasteiger partial charge in [0.15, 0.2) is 0 Å². The van der Waals surface area contributed by atoms with Crippen molar-refractivity contribution >= 4 is 59.7 Å². The topological polar surface area (TPSA) is 258 Å². The van der Waals surface area contributed by atoms with E-state index in [1.807, 2.05) is 48.8 Å². The molecule has 5 aromatic rings. The van der Waals surface area contributed by atoms with Gasteiger partial charge in [-0.05, 0) is 85.5 Å². The fourth-order valence-corrected chi connectivity index (χ4v) is 6.22. The Bertz CT molecular complexity index is 2260. The number of para-hydroxylation sites is 1. The van der Waals surface area contributed by atoms with Crippen LogP contribution in [0, 0.1) is 5.92 Å². The Labute approximate surface area is 301 Å². The van der Waals surface area contributed by atoms with Crippen LogP contribution >= 0.6 is 0 Å². The molecule has 1 unspecified atom stereocenters. The van der Waals surface area contributed by atoms with Crippen molar-refractivity contribution in [3.8, 4) is 16.8 Å². The van der Waals surface area contributed by atoms with Crippen molar-refractivity contribution in [2.75, 3.05) is 17.8 Å². The van der Waals surface area contributed by atoms with Gasteiger partial charge in [0.1, 0.15) is 11.7 Å². The summed E-state index contributed by atoms with van der Waals surface area (Å²) in [5, 5.41) is 15.0. The molecule has 0 bridgehead atoms. The molecule has 1 fully saturated rings. The number of carbonyl (C=O) groups excluding carboxylic acids is 1. The first-order valence-electron chi connectivity index (χ1n) is 16.2. The number of nitrogens with zero attached hydrogens (tertiary/aromatic N) is 3. The van der Waals surface area contributed by atoms with Crippen LogP contribution in [0.15, 0.2) is 73.2 Å². The molecule has 2 aromatic carbocycles. The largest absolute Gasteiger partial charge is 0.480 e. The third kappa shape index (κ3) is 10.8. The molecule has 0 saturated heterocycles. The molecule has 0 aliphatic heterocycles. The number of hydrogen-bond acceptors (Lipinski definition) is 10. The minimum absolute atomic E-state index is 0.0562. The standard InChI is InChI=1S/C33H34N6O3.2CH4O3S/c1-2-19-18-39(32-29(19)25(13-14-36-32)22-15-21-5-3-4-6-27(21)37-17-22)24-11-12-26(31(35)40)28(16-24)38-23-9-7-20(8-10-23)30(34)33(41)42;2*1-5(2,3)4/h3-6,11-18,20,23,30,38H,2,7-10,34H2,1H3,(H2,35,40)(H,41,42);2*1H3,(H,2,3,4). The first-order valence-corrected chi connectivity index (χ1v) is 19.9. The fraction of sp³-hybridized carbons (Fsp3) is 0.314. The molecule has 1 saturated carbocycles. The number of aliphatic carboxylic acids is 1. The van der Waals surface area contributed by atoms with E-state index < -0.39 is 38.2 Å². The molecule has 8 N–H and O–H groups in total. The molecule has 1 aliphatic rings. The van der Waals surface area contributed by atoms with Crippen LogP contribution < -0.4 is 16.8 Å². The summed E-state index contributed by atoms with van der Waals surface area (Å²) < 4.78 is 53.8. The molecular weight excluding hydrogens is 713 g/mol. The van der Waals surface area contributed by atoms with Crippen molar-refractivity contribution in [2.45, 2.75) is 51.1 Å². The lowest BCUT2D eigenvalue weighted by atomic mass is 9.81. The molecule has 0 spiro atoms. The van der Waals surface area contributed by atoms with Gasteiger partial charge in [-0.2, -0.15) is 16.8 Å². The number of nitrogens with two attached hydrogens (primary N) is 2. The van der Waals surface area contributed by atoms with E-state index in [1.165, 1.54) is 0 Å². The van der Waals surface area contributed by atoms with E-state index in [0.29, 0.717) is 36.6 Å². The Balaban J connectivity index is 0.000000536. The predicted molar refractivity (Wildman–Crippen MR) is 200 cm³/mol. The SMILES string of the molecule is CCc1cn(-c2ccc(C(N)=O)c(NC3CCC(C(N)C(=O)O)CC3)c2)c2nccc(-c3cnc4ccccc4c3)c12.CS(=O)(=O)O.CS(=O)(=O)O. The van der Waals surface area contributed by atoms with E-state index >= 15 is 0 Å². The number of primary amides is 1. The van der Waals surface area contributed by atoms with E-state index in [-0.39, 0.29) is 12.0 Å². The highest BCUT2D eigenvalue weighted by Gasteiger charge is 2.30. The van der Waals surface area contributed by atoms with E-state index in [1.54, 1.807) is 6.07 Å². The molecule has 15 nitrogen and oxygen atoms in total. The zero-order valence-corrected chi connectivity index (χ0v) is 30.4. The molecule has 3 heterocycles. The van der Waals surface area contributed by atoms with Crippen LogP contribution in [0.3, 0.4) is 0 Å². The summed E-state index contributed by atoms with van der Waals surface area (Å²) in [5.41, 5.74) is 18.6. The number of hydrogen-bond donors (Lipinski definition) is 6. The highest BCUT2D eigenvalue weighted by Crippen LogP contribution is 2.35. The average Bonchev–Trinajstić information content (AvgIpc) is 3.45. The Hall–Kier alpha value is -4.94. The summed E-state index contributed by atoms with van der Waals surface area (Å²) in [4.78, 5) is 33.2. The minimum Gasteiger partial charge on any atom is -0.480 e. The second-order valence-corrected chi connectivity index (χ2v) is 15.5. The molecule has 278 valence electrons. The third-order valence-electron chi connectivity index (χ3n) is 8.52. The first-order chi connectivity index (χ1) is 24.3. The fourth-order valence-electron chi connectivity index (χ4n) is 6.22. The number of aromatic nitrogens is 3. The number of aryl methyl sites for hydroxylation is 1. The quantitative estimate of drug-likeness (QED) is 0.121. The zero-order valence-electron chi connectivity index (χ0n) is 28.8. The summed E-state index contributed by atoms with van der Waals surface area (Å²) in [6, 6.07) is 17.1. The normalized spacial score (nSPS) is 16.6. The molecule has 0 radical (unpaired) electrons. The van der Waals surface area contributed by atoms with Gasteiger partial charge in [0.25, 0.3) is 26.1 Å². The Kier molecular flexibility index (Phi) is 12.7. The lowest BCUT2D eigenvalue weighted by molar-refractivity contribution is -0.140. The van der Waals surface area contributed by atoms with Gasteiger partial charge in [-0.3, -0.25) is 23.7 Å². The van der Waals surface area contributed by atoms with Crippen molar-refractivity contribution in [3.05, 3.63) is 84.3 Å². The van der Waals surface area contributed by atoms with Crippen LogP contribution in [-0.2, 0) is 31.5 Å². The van der Waals surface area contributed by atoms with Gasteiger partial charge in [-0.15, -0.1) is 0 Å². The molecule has 17 heteroatoms. The van der Waals surface area contributed by atoms with Crippen LogP contribution in [0.2, 0.25) is 0 Å². The van der Waals surface area contributed by atoms with E-state index in [2.05, 4.69) is 40.1 Å². The van der Waals surface area contributed by atoms with Gasteiger partial charge in [-0.25, -0.2) is 4.98 Å². The third-order valence-corrected chi connectivity index (χ3v) is 8.52. The molecular formula is C35H42N6O9S2. The number of benzene rings is 2. The molecule has 1 amide bonds. The van der Waals surface area contributed by atoms with Crippen LogP contribution in [0.25, 0.3) is 38.8 Å². The number of carboxylic acids is 1.